The van der Waals surface area contributed by atoms with Gasteiger partial charge in [0.25, 0.3) is 0 Å². The average molecular weight is 561 g/mol. The lowest BCUT2D eigenvalue weighted by Crippen LogP contribution is -2.42. The largest absolute Gasteiger partial charge is 0.872 e. The maximum atomic E-state index is 13.7. The van der Waals surface area contributed by atoms with Crippen molar-refractivity contribution in [3.05, 3.63) is 57.6 Å². The fourth-order valence-corrected chi connectivity index (χ4v) is 5.88. The van der Waals surface area contributed by atoms with Crippen LogP contribution in [-0.4, -0.2) is 30.2 Å². The van der Waals surface area contributed by atoms with Crippen LogP contribution in [0.1, 0.15) is 142 Å². The molecule has 1 fully saturated rings. The lowest BCUT2D eigenvalue weighted by atomic mass is 9.78. The van der Waals surface area contributed by atoms with E-state index in [9.17, 15) is 10.2 Å². The van der Waals surface area contributed by atoms with Crippen LogP contribution in [0.4, 0.5) is 0 Å². The summed E-state index contributed by atoms with van der Waals surface area (Å²) in [5, 5.41) is 27.2. The molecule has 4 nitrogen and oxygen atoms in total. The Labute approximate surface area is 251 Å². The highest BCUT2D eigenvalue weighted by molar-refractivity contribution is 5.85. The highest BCUT2D eigenvalue weighted by Crippen LogP contribution is 2.38. The van der Waals surface area contributed by atoms with Gasteiger partial charge in [-0.25, -0.2) is 0 Å². The summed E-state index contributed by atoms with van der Waals surface area (Å²) in [6, 6.07) is 8.70. The predicted molar refractivity (Wildman–Crippen MR) is 172 cm³/mol. The Morgan fingerprint density at radius 2 is 1.20 bits per heavy atom. The Hall–Kier alpha value is -2.33. The molecule has 0 amide bonds. The number of rotatable bonds is 5. The van der Waals surface area contributed by atoms with Crippen molar-refractivity contribution in [3.63, 3.8) is 0 Å². The van der Waals surface area contributed by atoms with E-state index < -0.39 is 0 Å². The Morgan fingerprint density at radius 3 is 1.71 bits per heavy atom. The summed E-state index contributed by atoms with van der Waals surface area (Å²) in [5.74, 6) is 0.248. The molecule has 0 spiro atoms. The highest BCUT2D eigenvalue weighted by Gasteiger charge is 2.29. The summed E-state index contributed by atoms with van der Waals surface area (Å²) in [7, 11) is 2.13. The second-order valence-corrected chi connectivity index (χ2v) is 16.6. The second-order valence-electron chi connectivity index (χ2n) is 16.6. The maximum absolute atomic E-state index is 13.7. The molecule has 2 atom stereocenters. The van der Waals surface area contributed by atoms with Crippen LogP contribution in [0.5, 0.6) is 11.5 Å². The van der Waals surface area contributed by atoms with Gasteiger partial charge in [0.2, 0.25) is 0 Å². The molecule has 228 valence electrons. The fraction of sp³-hybridized carbons (Fsp3) is 0.649. The molecule has 2 aromatic rings. The summed E-state index contributed by atoms with van der Waals surface area (Å²) >= 11 is 0. The van der Waals surface area contributed by atoms with E-state index in [4.69, 9.17) is 4.99 Å². The minimum absolute atomic E-state index is 0.0395. The minimum Gasteiger partial charge on any atom is -0.872 e. The van der Waals surface area contributed by atoms with Crippen molar-refractivity contribution in [1.29, 1.82) is 0 Å². The van der Waals surface area contributed by atoms with Gasteiger partial charge in [0, 0.05) is 18.8 Å². The van der Waals surface area contributed by atoms with Gasteiger partial charge in [-0.05, 0) is 74.9 Å². The molecule has 0 aliphatic heterocycles. The average Bonchev–Trinajstić information content (AvgIpc) is 2.81. The molecule has 1 saturated carbocycles. The molecule has 1 aliphatic carbocycles. The normalized spacial score (nSPS) is 19.4. The molecule has 0 radical (unpaired) electrons. The topological polar surface area (TPSA) is 61.7 Å². The van der Waals surface area contributed by atoms with Crippen LogP contribution < -0.4 is 10.2 Å². The van der Waals surface area contributed by atoms with Gasteiger partial charge in [-0.3, -0.25) is 9.89 Å². The highest BCUT2D eigenvalue weighted by atomic mass is 16.3. The molecule has 2 aromatic carbocycles. The zero-order chi connectivity index (χ0) is 31.1. The number of aliphatic imine (C=N–C) groups is 1. The van der Waals surface area contributed by atoms with Crippen LogP contribution in [0.25, 0.3) is 0 Å². The van der Waals surface area contributed by atoms with Gasteiger partial charge >= 0.3 is 0 Å². The Balaban J connectivity index is 1.97. The van der Waals surface area contributed by atoms with Crippen LogP contribution >= 0.6 is 0 Å². The van der Waals surface area contributed by atoms with Gasteiger partial charge in [0.05, 0.1) is 6.04 Å². The van der Waals surface area contributed by atoms with E-state index in [1.54, 1.807) is 0 Å². The summed E-state index contributed by atoms with van der Waals surface area (Å²) in [6.45, 7) is 26.5. The fourth-order valence-electron chi connectivity index (χ4n) is 5.88. The summed E-state index contributed by atoms with van der Waals surface area (Å²) < 4.78 is 0. The van der Waals surface area contributed by atoms with Gasteiger partial charge < -0.3 is 10.2 Å². The third kappa shape index (κ3) is 7.95. The first-order valence-corrected chi connectivity index (χ1v) is 15.5. The lowest BCUT2D eigenvalue weighted by Gasteiger charge is -2.38. The number of nitrogens with zero attached hydrogens (tertiary/aromatic N) is 2. The first kappa shape index (κ1) is 33.2. The van der Waals surface area contributed by atoms with Crippen LogP contribution in [0.15, 0.2) is 29.3 Å². The Morgan fingerprint density at radius 1 is 0.707 bits per heavy atom. The molecule has 0 heterocycles. The summed E-state index contributed by atoms with van der Waals surface area (Å²) in [4.78, 5) is 7.43. The summed E-state index contributed by atoms with van der Waals surface area (Å²) in [6.07, 6.45) is 6.16. The molecule has 3 rings (SSSR count). The third-order valence-corrected chi connectivity index (χ3v) is 8.72. The van der Waals surface area contributed by atoms with Crippen molar-refractivity contribution >= 4 is 6.21 Å². The van der Waals surface area contributed by atoms with Crippen LogP contribution in [-0.2, 0) is 28.2 Å². The third-order valence-electron chi connectivity index (χ3n) is 8.72. The second kappa shape index (κ2) is 11.7. The molecule has 0 aromatic heterocycles. The quantitative estimate of drug-likeness (QED) is 0.349. The first-order valence-electron chi connectivity index (χ1n) is 15.5. The van der Waals surface area contributed by atoms with Gasteiger partial charge in [-0.15, -0.1) is 5.75 Å². The van der Waals surface area contributed by atoms with Crippen molar-refractivity contribution in [2.24, 2.45) is 4.99 Å². The van der Waals surface area contributed by atoms with Crippen LogP contribution in [0.2, 0.25) is 0 Å². The number of likely N-dealkylation sites (N-methyl/N-ethyl adjacent to an activating group) is 1. The van der Waals surface area contributed by atoms with Crippen molar-refractivity contribution in [3.8, 4) is 11.5 Å². The molecule has 1 aliphatic rings. The van der Waals surface area contributed by atoms with Gasteiger partial charge in [-0.2, -0.15) is 0 Å². The monoisotopic (exact) mass is 560 g/mol. The van der Waals surface area contributed by atoms with Crippen molar-refractivity contribution in [2.45, 2.75) is 149 Å². The van der Waals surface area contributed by atoms with Gasteiger partial charge in [0.15, 0.2) is 0 Å². The van der Waals surface area contributed by atoms with E-state index in [0.717, 1.165) is 47.9 Å². The molecule has 4 heteroatoms. The number of hydrogen-bond acceptors (Lipinski definition) is 4. The molecular weight excluding hydrogens is 504 g/mol. The zero-order valence-electron chi connectivity index (χ0n) is 28.3. The lowest BCUT2D eigenvalue weighted by molar-refractivity contribution is -0.271. The van der Waals surface area contributed by atoms with Gasteiger partial charge in [0.1, 0.15) is 0 Å². The van der Waals surface area contributed by atoms with Crippen molar-refractivity contribution in [2.75, 3.05) is 7.05 Å². The molecule has 41 heavy (non-hydrogen) atoms. The maximum Gasteiger partial charge on any atom is 0.0655 e. The number of hydrogen-bond donors (Lipinski definition) is 0. The Bertz CT molecular complexity index is 1250. The molecule has 0 N–H and O–H groups in total. The zero-order valence-corrected chi connectivity index (χ0v) is 28.3. The van der Waals surface area contributed by atoms with Crippen LogP contribution in [0.3, 0.4) is 0 Å². The van der Waals surface area contributed by atoms with E-state index in [1.807, 2.05) is 12.3 Å². The van der Waals surface area contributed by atoms with E-state index in [-0.39, 0.29) is 45.2 Å². The first-order chi connectivity index (χ1) is 18.6. The van der Waals surface area contributed by atoms with E-state index >= 15 is 0 Å². The van der Waals surface area contributed by atoms with E-state index in [2.05, 4.69) is 113 Å². The molecule has 0 unspecified atom stereocenters. The predicted octanol–water partition coefficient (Wildman–Crippen LogP) is 7.89. The SMILES string of the molecule is CN(Cc1cc(C(C)(C)C)cc(C(C)(C)C)c1[O-])[C@H]1CCCC[C@@H]1N=Cc1cc(C(C)(C)C)cc(C(C)(C)C)c1[O-]. The Kier molecular flexibility index (Phi) is 9.50. The molecule has 0 bridgehead atoms. The minimum atomic E-state index is -0.238. The van der Waals surface area contributed by atoms with E-state index in [1.165, 1.54) is 5.56 Å². The molecule has 0 saturated heterocycles. The van der Waals surface area contributed by atoms with Crippen molar-refractivity contribution in [1.82, 2.24) is 4.90 Å². The van der Waals surface area contributed by atoms with E-state index in [0.29, 0.717) is 12.1 Å². The van der Waals surface area contributed by atoms with Gasteiger partial charge in [-0.1, -0.05) is 126 Å². The number of benzene rings is 2. The molecular formula is C37H56N2O2-2. The van der Waals surface area contributed by atoms with Crippen LogP contribution in [0, 0.1) is 0 Å². The smallest absolute Gasteiger partial charge is 0.0655 e. The van der Waals surface area contributed by atoms with Crippen molar-refractivity contribution < 1.29 is 10.2 Å². The standard InChI is InChI=1S/C37H58N2O2/c1-34(2,3)26-18-24(32(40)28(20-26)36(7,8)9)22-38-30-16-14-15-17-31(30)39(13)23-25-19-27(35(4,5)6)21-29(33(25)41)37(10,11)12/h18-22,30-31,40-41H,14-17,23H2,1-13H3/p-2/t30-,31-/m0/s1. The summed E-state index contributed by atoms with van der Waals surface area (Å²) in [5.41, 5.74) is 5.11.